The highest BCUT2D eigenvalue weighted by Crippen LogP contribution is 2.32. The number of aryl methyl sites for hydroxylation is 1. The van der Waals surface area contributed by atoms with Crippen LogP contribution in [0.15, 0.2) is 42.5 Å². The number of halogens is 4. The standard InChI is InChI=1S/C19H18F4N2O3/c1-10-5-3-4-6-12(10)16(26)15(18(28)24-2)25-17(27)13-8-7-11(20)9-14(13)19(21,22)23/h3-9,15-16,26H,1-2H3,(H,24,28)(H,25,27)/t15?,16-/m1/s1. The molecule has 0 aliphatic heterocycles. The maximum absolute atomic E-state index is 13.2. The number of alkyl halides is 3. The van der Waals surface area contributed by atoms with Gasteiger partial charge in [0.05, 0.1) is 11.1 Å². The van der Waals surface area contributed by atoms with E-state index in [0.29, 0.717) is 23.3 Å². The molecule has 28 heavy (non-hydrogen) atoms. The highest BCUT2D eigenvalue weighted by Gasteiger charge is 2.37. The summed E-state index contributed by atoms with van der Waals surface area (Å²) in [6, 6.07) is 6.52. The quantitative estimate of drug-likeness (QED) is 0.678. The molecular weight excluding hydrogens is 380 g/mol. The lowest BCUT2D eigenvalue weighted by molar-refractivity contribution is -0.138. The number of nitrogens with one attached hydrogen (secondary N) is 2. The van der Waals surface area contributed by atoms with Gasteiger partial charge in [-0.3, -0.25) is 9.59 Å². The van der Waals surface area contributed by atoms with Gasteiger partial charge in [-0.25, -0.2) is 4.39 Å². The highest BCUT2D eigenvalue weighted by molar-refractivity contribution is 5.99. The lowest BCUT2D eigenvalue weighted by Gasteiger charge is -2.25. The molecule has 0 spiro atoms. The van der Waals surface area contributed by atoms with Crippen LogP contribution in [0.5, 0.6) is 0 Å². The number of hydrogen-bond acceptors (Lipinski definition) is 3. The number of carbonyl (C=O) groups is 2. The van der Waals surface area contributed by atoms with Crippen LogP contribution in [0.3, 0.4) is 0 Å². The fourth-order valence-corrected chi connectivity index (χ4v) is 2.71. The van der Waals surface area contributed by atoms with Crippen LogP contribution in [0.4, 0.5) is 17.6 Å². The van der Waals surface area contributed by atoms with Gasteiger partial charge < -0.3 is 15.7 Å². The Balaban J connectivity index is 2.40. The first-order chi connectivity index (χ1) is 13.1. The zero-order valence-corrected chi connectivity index (χ0v) is 15.0. The summed E-state index contributed by atoms with van der Waals surface area (Å²) < 4.78 is 52.7. The molecule has 5 nitrogen and oxygen atoms in total. The molecule has 0 bridgehead atoms. The fraction of sp³-hybridized carbons (Fsp3) is 0.263. The maximum Gasteiger partial charge on any atom is 0.417 e. The predicted molar refractivity (Wildman–Crippen MR) is 92.9 cm³/mol. The molecule has 2 atom stereocenters. The first-order valence-electron chi connectivity index (χ1n) is 8.19. The van der Waals surface area contributed by atoms with Crippen LogP contribution in [-0.2, 0) is 11.0 Å². The monoisotopic (exact) mass is 398 g/mol. The number of benzene rings is 2. The Kier molecular flexibility index (Phi) is 6.40. The SMILES string of the molecule is CNC(=O)C(NC(=O)c1ccc(F)cc1C(F)(F)F)[C@H](O)c1ccccc1C. The Morgan fingerprint density at radius 1 is 1.11 bits per heavy atom. The van der Waals surface area contributed by atoms with Crippen molar-refractivity contribution in [1.29, 1.82) is 0 Å². The number of hydrogen-bond donors (Lipinski definition) is 3. The van der Waals surface area contributed by atoms with Crippen molar-refractivity contribution >= 4 is 11.8 Å². The minimum atomic E-state index is -4.98. The van der Waals surface area contributed by atoms with Crippen molar-refractivity contribution in [1.82, 2.24) is 10.6 Å². The van der Waals surface area contributed by atoms with Gasteiger partial charge in [0.25, 0.3) is 5.91 Å². The van der Waals surface area contributed by atoms with E-state index in [0.717, 1.165) is 0 Å². The van der Waals surface area contributed by atoms with E-state index < -0.39 is 47.1 Å². The second kappa shape index (κ2) is 8.39. The average Bonchev–Trinajstić information content (AvgIpc) is 2.64. The third-order valence-electron chi connectivity index (χ3n) is 4.17. The smallest absolute Gasteiger partial charge is 0.386 e. The van der Waals surface area contributed by atoms with E-state index in [2.05, 4.69) is 10.6 Å². The Labute approximate surface area is 158 Å². The molecule has 9 heteroatoms. The molecule has 0 aliphatic carbocycles. The highest BCUT2D eigenvalue weighted by atomic mass is 19.4. The molecule has 2 amide bonds. The van der Waals surface area contributed by atoms with Gasteiger partial charge in [-0.15, -0.1) is 0 Å². The van der Waals surface area contributed by atoms with Crippen LogP contribution >= 0.6 is 0 Å². The molecule has 2 aromatic rings. The summed E-state index contributed by atoms with van der Waals surface area (Å²) in [6.07, 6.45) is -6.49. The van der Waals surface area contributed by atoms with Crippen molar-refractivity contribution in [3.63, 3.8) is 0 Å². The third kappa shape index (κ3) is 4.66. The number of aliphatic hydroxyl groups is 1. The maximum atomic E-state index is 13.2. The Morgan fingerprint density at radius 2 is 1.75 bits per heavy atom. The summed E-state index contributed by atoms with van der Waals surface area (Å²) in [7, 11) is 1.26. The molecule has 0 saturated heterocycles. The zero-order valence-electron chi connectivity index (χ0n) is 15.0. The topological polar surface area (TPSA) is 78.4 Å². The number of aliphatic hydroxyl groups excluding tert-OH is 1. The third-order valence-corrected chi connectivity index (χ3v) is 4.17. The van der Waals surface area contributed by atoms with E-state index in [1.807, 2.05) is 0 Å². The van der Waals surface area contributed by atoms with E-state index in [1.165, 1.54) is 13.1 Å². The molecule has 2 rings (SSSR count). The van der Waals surface area contributed by atoms with Gasteiger partial charge >= 0.3 is 6.18 Å². The second-order valence-corrected chi connectivity index (χ2v) is 6.05. The normalized spacial score (nSPS) is 13.5. The Bertz CT molecular complexity index is 884. The largest absolute Gasteiger partial charge is 0.417 e. The van der Waals surface area contributed by atoms with Gasteiger partial charge in [0.15, 0.2) is 0 Å². The second-order valence-electron chi connectivity index (χ2n) is 6.05. The molecule has 0 heterocycles. The first-order valence-corrected chi connectivity index (χ1v) is 8.19. The molecule has 0 aliphatic rings. The Morgan fingerprint density at radius 3 is 2.32 bits per heavy atom. The van der Waals surface area contributed by atoms with Gasteiger partial charge in [-0.05, 0) is 36.2 Å². The summed E-state index contributed by atoms with van der Waals surface area (Å²) >= 11 is 0. The summed E-state index contributed by atoms with van der Waals surface area (Å²) in [5.41, 5.74) is -1.40. The Hall–Kier alpha value is -2.94. The lowest BCUT2D eigenvalue weighted by Crippen LogP contribution is -2.49. The van der Waals surface area contributed by atoms with Crippen molar-refractivity contribution in [2.24, 2.45) is 0 Å². The molecule has 3 N–H and O–H groups in total. The minimum absolute atomic E-state index is 0.196. The number of rotatable bonds is 5. The molecule has 0 radical (unpaired) electrons. The van der Waals surface area contributed by atoms with Crippen molar-refractivity contribution in [2.75, 3.05) is 7.05 Å². The molecule has 150 valence electrons. The van der Waals surface area contributed by atoms with E-state index in [-0.39, 0.29) is 6.07 Å². The molecule has 1 unspecified atom stereocenters. The summed E-state index contributed by atoms with van der Waals surface area (Å²) in [4.78, 5) is 24.6. The minimum Gasteiger partial charge on any atom is -0.386 e. The predicted octanol–water partition coefficient (Wildman–Crippen LogP) is 2.73. The van der Waals surface area contributed by atoms with Gasteiger partial charge in [0.2, 0.25) is 5.91 Å². The number of likely N-dealkylation sites (N-methyl/N-ethyl adjacent to an activating group) is 1. The molecule has 2 aromatic carbocycles. The molecule has 0 aromatic heterocycles. The van der Waals surface area contributed by atoms with E-state index in [9.17, 15) is 32.3 Å². The van der Waals surface area contributed by atoms with Crippen molar-refractivity contribution < 1.29 is 32.3 Å². The van der Waals surface area contributed by atoms with Crippen LogP contribution in [0.25, 0.3) is 0 Å². The van der Waals surface area contributed by atoms with Crippen LogP contribution in [0.1, 0.15) is 33.2 Å². The number of carbonyl (C=O) groups excluding carboxylic acids is 2. The van der Waals surface area contributed by atoms with Gasteiger partial charge in [-0.1, -0.05) is 24.3 Å². The zero-order chi connectivity index (χ0) is 21.1. The molecule has 0 fully saturated rings. The van der Waals surface area contributed by atoms with Crippen LogP contribution in [0, 0.1) is 12.7 Å². The van der Waals surface area contributed by atoms with Crippen molar-refractivity contribution in [3.05, 3.63) is 70.5 Å². The van der Waals surface area contributed by atoms with E-state index >= 15 is 0 Å². The fourth-order valence-electron chi connectivity index (χ4n) is 2.71. The van der Waals surface area contributed by atoms with Gasteiger partial charge in [0, 0.05) is 7.05 Å². The number of amides is 2. The molecular formula is C19H18F4N2O3. The van der Waals surface area contributed by atoms with Crippen molar-refractivity contribution in [2.45, 2.75) is 25.2 Å². The van der Waals surface area contributed by atoms with Crippen molar-refractivity contribution in [3.8, 4) is 0 Å². The van der Waals surface area contributed by atoms with Gasteiger partial charge in [-0.2, -0.15) is 13.2 Å². The van der Waals surface area contributed by atoms with E-state index in [4.69, 9.17) is 0 Å². The summed E-state index contributed by atoms with van der Waals surface area (Å²) in [5, 5.41) is 14.9. The molecule has 0 saturated carbocycles. The lowest BCUT2D eigenvalue weighted by atomic mass is 9.96. The van der Waals surface area contributed by atoms with Crippen LogP contribution in [-0.4, -0.2) is 30.0 Å². The van der Waals surface area contributed by atoms with Crippen LogP contribution < -0.4 is 10.6 Å². The summed E-state index contributed by atoms with van der Waals surface area (Å²) in [6.45, 7) is 1.67. The average molecular weight is 398 g/mol. The van der Waals surface area contributed by atoms with Crippen LogP contribution in [0.2, 0.25) is 0 Å². The summed E-state index contributed by atoms with van der Waals surface area (Å²) in [5.74, 6) is -3.24. The van der Waals surface area contributed by atoms with E-state index in [1.54, 1.807) is 25.1 Å². The van der Waals surface area contributed by atoms with Gasteiger partial charge in [0.1, 0.15) is 18.0 Å². The first kappa shape index (κ1) is 21.4.